The van der Waals surface area contributed by atoms with Crippen LogP contribution in [0.2, 0.25) is 0 Å². The average Bonchev–Trinajstić information content (AvgIpc) is 1.35. The molecular weight excluding hydrogens is 121 g/mol. The van der Waals surface area contributed by atoms with Crippen molar-refractivity contribution >= 4 is 29.3 Å². The lowest BCUT2D eigenvalue weighted by Crippen LogP contribution is -2.06. The number of hydrogen-bond donors (Lipinski definition) is 0. The van der Waals surface area contributed by atoms with Gasteiger partial charge in [0.05, 0.1) is 0 Å². The van der Waals surface area contributed by atoms with Crippen LogP contribution in [-0.2, 0) is 4.79 Å². The van der Waals surface area contributed by atoms with E-state index in [4.69, 9.17) is 4.79 Å². The molecule has 0 amide bonds. The summed E-state index contributed by atoms with van der Waals surface area (Å²) >= 11 is 0. The molecule has 0 bridgehead atoms. The lowest BCUT2D eigenvalue weighted by molar-refractivity contribution is -0.0600. The van der Waals surface area contributed by atoms with E-state index in [1.165, 1.54) is 0 Å². The first-order chi connectivity index (χ1) is 2.56. The summed E-state index contributed by atoms with van der Waals surface area (Å²) in [6, 6.07) is 0. The smallest absolute Gasteiger partial charge is 0.280 e. The Bertz CT molecular complexity index is 58.4. The first kappa shape index (κ1) is 10.3. The van der Waals surface area contributed by atoms with Crippen LogP contribution in [0, 0.1) is 0 Å². The quantitative estimate of drug-likeness (QED) is 0.406. The van der Waals surface area contributed by atoms with E-state index in [1.807, 2.05) is 0 Å². The molecule has 0 aromatic carbocycles. The standard InChI is InChI=1S/C2F3O.Mg.2H/c3-2(4,5)1-6;;;. The van der Waals surface area contributed by atoms with Crippen LogP contribution in [0.15, 0.2) is 0 Å². The fraction of sp³-hybridized carbons (Fsp3) is 0.500. The van der Waals surface area contributed by atoms with Gasteiger partial charge < -0.3 is 0 Å². The van der Waals surface area contributed by atoms with E-state index in [0.717, 1.165) is 0 Å². The molecule has 0 spiro atoms. The van der Waals surface area contributed by atoms with E-state index in [1.54, 1.807) is 0 Å². The molecule has 0 aromatic heterocycles. The summed E-state index contributed by atoms with van der Waals surface area (Å²) in [4.78, 5) is 8.58. The minimum absolute atomic E-state index is 0. The van der Waals surface area contributed by atoms with Crippen LogP contribution in [0.5, 0.6) is 0 Å². The van der Waals surface area contributed by atoms with Crippen LogP contribution in [0.1, 0.15) is 0 Å². The van der Waals surface area contributed by atoms with Crippen molar-refractivity contribution in [3.8, 4) is 0 Å². The maximum Gasteiger partial charge on any atom is 0.458 e. The minimum atomic E-state index is -4.76. The number of rotatable bonds is 0. The third-order valence-electron chi connectivity index (χ3n) is 0.116. The molecule has 0 saturated heterocycles. The number of halogens is 3. The average molecular weight is 123 g/mol. The van der Waals surface area contributed by atoms with Crippen molar-refractivity contribution in [3.05, 3.63) is 0 Å². The molecule has 1 nitrogen and oxygen atoms in total. The van der Waals surface area contributed by atoms with E-state index in [2.05, 4.69) is 0 Å². The largest absolute Gasteiger partial charge is 0.458 e. The van der Waals surface area contributed by atoms with Crippen LogP contribution in [0.25, 0.3) is 0 Å². The normalized spacial score (nSPS) is 9.57. The highest BCUT2D eigenvalue weighted by molar-refractivity contribution is 5.75. The van der Waals surface area contributed by atoms with Crippen LogP contribution < -0.4 is 0 Å². The number of alkyl halides is 3. The lowest BCUT2D eigenvalue weighted by Gasteiger charge is -1.85. The van der Waals surface area contributed by atoms with Crippen molar-refractivity contribution in [2.75, 3.05) is 0 Å². The Morgan fingerprint density at radius 1 is 1.29 bits per heavy atom. The van der Waals surface area contributed by atoms with Crippen molar-refractivity contribution in [1.29, 1.82) is 0 Å². The van der Waals surface area contributed by atoms with E-state index < -0.39 is 6.18 Å². The van der Waals surface area contributed by atoms with Gasteiger partial charge >= 0.3 is 35.5 Å². The summed E-state index contributed by atoms with van der Waals surface area (Å²) < 4.78 is 31.1. The summed E-state index contributed by atoms with van der Waals surface area (Å²) in [5, 5.41) is 0. The van der Waals surface area contributed by atoms with Gasteiger partial charge in [0.25, 0.3) is 0 Å². The highest BCUT2D eigenvalue weighted by Gasteiger charge is 2.27. The number of carbonyl (C=O) groups excluding carboxylic acids is 1. The summed E-state index contributed by atoms with van der Waals surface area (Å²) in [5.74, 6) is 0. The van der Waals surface area contributed by atoms with Gasteiger partial charge in [-0.2, -0.15) is 13.2 Å². The Labute approximate surface area is 54.0 Å². The maximum atomic E-state index is 10.4. The molecule has 0 unspecified atom stereocenters. The van der Waals surface area contributed by atoms with Gasteiger partial charge in [-0.25, -0.2) is 0 Å². The van der Waals surface area contributed by atoms with Crippen molar-refractivity contribution in [2.45, 2.75) is 6.18 Å². The molecule has 1 radical (unpaired) electrons. The van der Waals surface area contributed by atoms with E-state index >= 15 is 0 Å². The molecular formula is C2H2F3MgO. The molecule has 0 aliphatic rings. The number of hydrogen-bond acceptors (Lipinski definition) is 1. The zero-order chi connectivity index (χ0) is 5.21. The van der Waals surface area contributed by atoms with E-state index in [-0.39, 0.29) is 29.3 Å². The molecule has 5 heteroatoms. The second-order valence-corrected chi connectivity index (χ2v) is 0.600. The van der Waals surface area contributed by atoms with Crippen molar-refractivity contribution in [3.63, 3.8) is 0 Å². The van der Waals surface area contributed by atoms with Gasteiger partial charge in [0.1, 0.15) is 0 Å². The fourth-order valence-corrected chi connectivity index (χ4v) is 0. The summed E-state index contributed by atoms with van der Waals surface area (Å²) in [7, 11) is 0. The zero-order valence-corrected chi connectivity index (χ0v) is 2.54. The highest BCUT2D eigenvalue weighted by Crippen LogP contribution is 2.08. The van der Waals surface area contributed by atoms with Gasteiger partial charge in [-0.05, 0) is 0 Å². The summed E-state index contributed by atoms with van der Waals surface area (Å²) in [6.07, 6.45) is -4.91. The first-order valence-corrected chi connectivity index (χ1v) is 1.02. The molecule has 0 rings (SSSR count). The van der Waals surface area contributed by atoms with E-state index in [0.29, 0.717) is 0 Å². The van der Waals surface area contributed by atoms with Crippen molar-refractivity contribution in [2.24, 2.45) is 0 Å². The third-order valence-corrected chi connectivity index (χ3v) is 0.116. The SMILES string of the molecule is O=[C]C(F)(F)F.[MgH2]. The second-order valence-electron chi connectivity index (χ2n) is 0.600. The molecule has 0 heterocycles. The first-order valence-electron chi connectivity index (χ1n) is 1.02. The fourth-order valence-electron chi connectivity index (χ4n) is 0. The molecule has 0 aliphatic heterocycles. The Balaban J connectivity index is 0. The third kappa shape index (κ3) is 10.7. The van der Waals surface area contributed by atoms with Crippen molar-refractivity contribution < 1.29 is 18.0 Å². The van der Waals surface area contributed by atoms with Crippen LogP contribution in [0.3, 0.4) is 0 Å². The van der Waals surface area contributed by atoms with Gasteiger partial charge in [-0.3, -0.25) is 4.79 Å². The Morgan fingerprint density at radius 3 is 1.43 bits per heavy atom. The Kier molecular flexibility index (Phi) is 4.77. The second kappa shape index (κ2) is 3.26. The van der Waals surface area contributed by atoms with E-state index in [9.17, 15) is 13.2 Å². The van der Waals surface area contributed by atoms with Crippen molar-refractivity contribution in [1.82, 2.24) is 0 Å². The Hall–Kier alpha value is 0.226. The topological polar surface area (TPSA) is 17.1 Å². The molecule has 0 N–H and O–H groups in total. The van der Waals surface area contributed by atoms with Gasteiger partial charge in [0, 0.05) is 0 Å². The van der Waals surface area contributed by atoms with Gasteiger partial charge in [0.2, 0.25) is 0 Å². The highest BCUT2D eigenvalue weighted by atomic mass is 24.3. The maximum absolute atomic E-state index is 10.4. The molecule has 39 valence electrons. The van der Waals surface area contributed by atoms with Crippen LogP contribution in [0.4, 0.5) is 13.2 Å². The zero-order valence-electron chi connectivity index (χ0n) is 2.54. The summed E-state index contributed by atoms with van der Waals surface area (Å²) in [5.41, 5.74) is 0. The molecule has 0 atom stereocenters. The molecule has 0 saturated carbocycles. The van der Waals surface area contributed by atoms with Crippen LogP contribution in [-0.4, -0.2) is 35.5 Å². The van der Waals surface area contributed by atoms with Gasteiger partial charge in [0.15, 0.2) is 0 Å². The molecule has 0 aromatic rings. The monoisotopic (exact) mass is 123 g/mol. The van der Waals surface area contributed by atoms with Gasteiger partial charge in [-0.1, -0.05) is 0 Å². The predicted octanol–water partition coefficient (Wildman–Crippen LogP) is -0.258. The molecule has 7 heavy (non-hydrogen) atoms. The predicted molar refractivity (Wildman–Crippen MR) is 20.3 cm³/mol. The van der Waals surface area contributed by atoms with Gasteiger partial charge in [-0.15, -0.1) is 0 Å². The van der Waals surface area contributed by atoms with Crippen LogP contribution >= 0.6 is 0 Å². The molecule has 0 aliphatic carbocycles. The Morgan fingerprint density at radius 2 is 1.43 bits per heavy atom. The molecule has 0 fully saturated rings. The summed E-state index contributed by atoms with van der Waals surface area (Å²) in [6.45, 7) is 0. The lowest BCUT2D eigenvalue weighted by atomic mass is 10.8. The minimum Gasteiger partial charge on any atom is -0.280 e.